The second kappa shape index (κ2) is 5.79. The third-order valence-electron chi connectivity index (χ3n) is 4.73. The normalized spacial score (nSPS) is 26.6. The van der Waals surface area contributed by atoms with Gasteiger partial charge in [-0.2, -0.15) is 0 Å². The fourth-order valence-corrected chi connectivity index (χ4v) is 4.60. The Morgan fingerprint density at radius 2 is 2.00 bits per heavy atom. The van der Waals surface area contributed by atoms with Crippen molar-refractivity contribution in [1.29, 1.82) is 0 Å². The maximum Gasteiger partial charge on any atom is 0.322 e. The zero-order chi connectivity index (χ0) is 16.8. The number of piperidine rings is 1. The van der Waals surface area contributed by atoms with E-state index in [1.807, 2.05) is 32.0 Å². The number of nitrogens with zero attached hydrogens (tertiary/aromatic N) is 1. The van der Waals surface area contributed by atoms with Crippen molar-refractivity contribution in [1.82, 2.24) is 9.62 Å². The van der Waals surface area contributed by atoms with Gasteiger partial charge in [0.1, 0.15) is 0 Å². The zero-order valence-corrected chi connectivity index (χ0v) is 14.5. The van der Waals surface area contributed by atoms with E-state index in [1.54, 1.807) is 4.90 Å². The molecule has 126 valence electrons. The molecule has 2 amide bonds. The Bertz CT molecular complexity index is 732. The summed E-state index contributed by atoms with van der Waals surface area (Å²) < 4.78 is 25.6. The van der Waals surface area contributed by atoms with Crippen LogP contribution in [-0.4, -0.2) is 44.2 Å². The van der Waals surface area contributed by atoms with E-state index in [1.165, 1.54) is 6.26 Å². The van der Waals surface area contributed by atoms with E-state index in [0.717, 1.165) is 29.7 Å². The number of urea groups is 1. The summed E-state index contributed by atoms with van der Waals surface area (Å²) in [5.41, 5.74) is 2.97. The molecule has 0 radical (unpaired) electrons. The number of carbonyl (C=O) groups is 1. The van der Waals surface area contributed by atoms with Crippen LogP contribution in [0.15, 0.2) is 18.2 Å². The van der Waals surface area contributed by atoms with Crippen molar-refractivity contribution in [3.63, 3.8) is 0 Å². The number of nitrogens with one attached hydrogen (secondary N) is 2. The van der Waals surface area contributed by atoms with Crippen LogP contribution in [0.2, 0.25) is 0 Å². The van der Waals surface area contributed by atoms with Crippen LogP contribution >= 0.6 is 0 Å². The molecule has 1 saturated carbocycles. The fraction of sp³-hybridized carbons (Fsp3) is 0.562. The molecule has 1 aliphatic heterocycles. The highest BCUT2D eigenvalue weighted by molar-refractivity contribution is 7.88. The van der Waals surface area contributed by atoms with Crippen molar-refractivity contribution in [3.8, 4) is 0 Å². The van der Waals surface area contributed by atoms with Crippen LogP contribution in [0.4, 0.5) is 10.5 Å². The minimum absolute atomic E-state index is 0.0551. The predicted octanol–water partition coefficient (Wildman–Crippen LogP) is 1.85. The molecule has 2 N–H and O–H groups in total. The van der Waals surface area contributed by atoms with Gasteiger partial charge in [0.25, 0.3) is 0 Å². The Labute approximate surface area is 137 Å². The third kappa shape index (κ3) is 3.50. The largest absolute Gasteiger partial charge is 0.322 e. The van der Waals surface area contributed by atoms with Gasteiger partial charge in [0.15, 0.2) is 0 Å². The molecular formula is C16H23N3O3S. The number of likely N-dealkylation sites (tertiary alicyclic amines) is 1. The van der Waals surface area contributed by atoms with Crippen LogP contribution < -0.4 is 10.0 Å². The molecule has 1 aromatic carbocycles. The number of carbonyl (C=O) groups excluding carboxylic acids is 1. The number of benzene rings is 1. The van der Waals surface area contributed by atoms with E-state index >= 15 is 0 Å². The highest BCUT2D eigenvalue weighted by atomic mass is 32.2. The Morgan fingerprint density at radius 1 is 1.26 bits per heavy atom. The van der Waals surface area contributed by atoms with Gasteiger partial charge in [0, 0.05) is 18.3 Å². The molecule has 0 spiro atoms. The average molecular weight is 337 g/mol. The summed E-state index contributed by atoms with van der Waals surface area (Å²) in [6, 6.07) is 5.52. The molecule has 1 aromatic rings. The van der Waals surface area contributed by atoms with Gasteiger partial charge < -0.3 is 10.2 Å². The van der Waals surface area contributed by atoms with Crippen molar-refractivity contribution in [2.45, 2.75) is 38.8 Å². The van der Waals surface area contributed by atoms with E-state index in [0.29, 0.717) is 12.5 Å². The van der Waals surface area contributed by atoms with Crippen molar-refractivity contribution in [2.24, 2.45) is 5.92 Å². The van der Waals surface area contributed by atoms with Gasteiger partial charge in [-0.05, 0) is 44.2 Å². The van der Waals surface area contributed by atoms with E-state index < -0.39 is 10.0 Å². The van der Waals surface area contributed by atoms with E-state index in [4.69, 9.17) is 0 Å². The van der Waals surface area contributed by atoms with Gasteiger partial charge in [0.2, 0.25) is 10.0 Å². The van der Waals surface area contributed by atoms with E-state index in [2.05, 4.69) is 10.0 Å². The van der Waals surface area contributed by atoms with Gasteiger partial charge in [-0.15, -0.1) is 0 Å². The number of fused-ring (bicyclic) bond motifs is 2. The Hall–Kier alpha value is -1.60. The molecule has 1 heterocycles. The summed E-state index contributed by atoms with van der Waals surface area (Å²) >= 11 is 0. The fourth-order valence-electron chi connectivity index (χ4n) is 3.80. The second-order valence-electron chi connectivity index (χ2n) is 6.80. The van der Waals surface area contributed by atoms with Crippen LogP contribution in [0.1, 0.15) is 24.0 Å². The van der Waals surface area contributed by atoms with Crippen molar-refractivity contribution in [3.05, 3.63) is 29.3 Å². The van der Waals surface area contributed by atoms with Gasteiger partial charge in [-0.25, -0.2) is 17.9 Å². The number of rotatable bonds is 3. The van der Waals surface area contributed by atoms with Crippen molar-refractivity contribution in [2.75, 3.05) is 18.1 Å². The predicted molar refractivity (Wildman–Crippen MR) is 89.9 cm³/mol. The first kappa shape index (κ1) is 16.3. The quantitative estimate of drug-likeness (QED) is 0.883. The van der Waals surface area contributed by atoms with Crippen LogP contribution in [0.3, 0.4) is 0 Å². The first-order chi connectivity index (χ1) is 10.7. The number of hydrogen-bond donors (Lipinski definition) is 2. The number of sulfonamides is 1. The topological polar surface area (TPSA) is 78.5 Å². The Morgan fingerprint density at radius 3 is 2.61 bits per heavy atom. The molecule has 2 aliphatic rings. The van der Waals surface area contributed by atoms with Crippen molar-refractivity contribution >= 4 is 21.7 Å². The minimum atomic E-state index is -3.26. The highest BCUT2D eigenvalue weighted by Crippen LogP contribution is 2.38. The molecule has 1 saturated heterocycles. The zero-order valence-electron chi connectivity index (χ0n) is 13.7. The lowest BCUT2D eigenvalue weighted by molar-refractivity contribution is 0.183. The summed E-state index contributed by atoms with van der Waals surface area (Å²) in [5.74, 6) is 0.379. The lowest BCUT2D eigenvalue weighted by Crippen LogP contribution is -2.52. The lowest BCUT2D eigenvalue weighted by atomic mass is 10.1. The molecule has 3 atom stereocenters. The average Bonchev–Trinajstić information content (AvgIpc) is 2.99. The summed E-state index contributed by atoms with van der Waals surface area (Å²) in [4.78, 5) is 14.4. The second-order valence-corrected chi connectivity index (χ2v) is 8.58. The van der Waals surface area contributed by atoms with Crippen molar-refractivity contribution < 1.29 is 13.2 Å². The summed E-state index contributed by atoms with van der Waals surface area (Å²) in [5, 5.41) is 2.96. The minimum Gasteiger partial charge on any atom is -0.320 e. The lowest BCUT2D eigenvalue weighted by Gasteiger charge is -2.33. The van der Waals surface area contributed by atoms with E-state index in [-0.39, 0.29) is 18.1 Å². The molecule has 7 heteroatoms. The number of anilines is 1. The summed E-state index contributed by atoms with van der Waals surface area (Å²) in [6.45, 7) is 4.68. The van der Waals surface area contributed by atoms with Crippen LogP contribution in [0.25, 0.3) is 0 Å². The summed E-state index contributed by atoms with van der Waals surface area (Å²) in [6.07, 6.45) is 2.84. The van der Waals surface area contributed by atoms with Gasteiger partial charge in [-0.1, -0.05) is 17.7 Å². The molecule has 0 aromatic heterocycles. The molecule has 3 rings (SSSR count). The van der Waals surface area contributed by atoms with Crippen LogP contribution in [-0.2, 0) is 10.0 Å². The molecule has 2 bridgehead atoms. The third-order valence-corrected chi connectivity index (χ3v) is 5.46. The van der Waals surface area contributed by atoms with E-state index in [9.17, 15) is 13.2 Å². The molecule has 1 aliphatic carbocycles. The Balaban J connectivity index is 1.71. The molecule has 23 heavy (non-hydrogen) atoms. The standard InChI is InChI=1S/C16H23N3O3S/c1-10-4-5-13(11(2)6-10)17-16(20)19-9-12-7-14(15(19)8-12)18-23(3,21)22/h4-6,12,14-15,18H,7-9H2,1-3H3,(H,17,20). The number of hydrogen-bond acceptors (Lipinski definition) is 3. The maximum atomic E-state index is 12.6. The van der Waals surface area contributed by atoms with Gasteiger partial charge in [0.05, 0.1) is 12.3 Å². The molecular weight excluding hydrogens is 314 g/mol. The monoisotopic (exact) mass is 337 g/mol. The van der Waals surface area contributed by atoms with Gasteiger partial charge >= 0.3 is 6.03 Å². The number of amides is 2. The molecule has 6 nitrogen and oxygen atoms in total. The smallest absolute Gasteiger partial charge is 0.320 e. The molecule has 2 fully saturated rings. The number of aryl methyl sites for hydroxylation is 2. The SMILES string of the molecule is Cc1ccc(NC(=O)N2CC3CC(NS(C)(=O)=O)C2C3)c(C)c1. The first-order valence-corrected chi connectivity index (χ1v) is 9.74. The van der Waals surface area contributed by atoms with Crippen LogP contribution in [0, 0.1) is 19.8 Å². The summed E-state index contributed by atoms with van der Waals surface area (Å²) in [7, 11) is -3.26. The maximum absolute atomic E-state index is 12.6. The highest BCUT2D eigenvalue weighted by Gasteiger charge is 2.47. The first-order valence-electron chi connectivity index (χ1n) is 7.85. The molecule has 3 unspecified atom stereocenters. The van der Waals surface area contributed by atoms with Gasteiger partial charge in [-0.3, -0.25) is 0 Å². The Kier molecular flexibility index (Phi) is 4.10. The van der Waals surface area contributed by atoms with Crippen LogP contribution in [0.5, 0.6) is 0 Å².